The van der Waals surface area contributed by atoms with Crippen LogP contribution in [0.15, 0.2) is 21.7 Å². The van der Waals surface area contributed by atoms with Crippen LogP contribution in [-0.2, 0) is 10.0 Å². The molecular formula is C13H17N3O2S3. The van der Waals surface area contributed by atoms with Gasteiger partial charge in [0.05, 0.1) is 15.6 Å². The third kappa shape index (κ3) is 3.04. The van der Waals surface area contributed by atoms with Gasteiger partial charge in [-0.1, -0.05) is 0 Å². The fourth-order valence-electron chi connectivity index (χ4n) is 2.32. The maximum atomic E-state index is 12.6. The molecule has 1 aliphatic heterocycles. The number of hydrogen-bond donors (Lipinski definition) is 1. The van der Waals surface area contributed by atoms with Crippen molar-refractivity contribution in [2.75, 3.05) is 13.1 Å². The molecule has 2 aromatic rings. The number of aromatic nitrogens is 1. The van der Waals surface area contributed by atoms with Gasteiger partial charge in [0.2, 0.25) is 0 Å². The number of hydrogen-bond acceptors (Lipinski definition) is 6. The first-order valence-corrected chi connectivity index (χ1v) is 9.88. The zero-order valence-electron chi connectivity index (χ0n) is 11.7. The molecule has 0 bridgehead atoms. The molecule has 3 heterocycles. The molecule has 0 aliphatic carbocycles. The first-order chi connectivity index (χ1) is 9.96. The minimum Gasteiger partial charge on any atom is -0.328 e. The van der Waals surface area contributed by atoms with Crippen molar-refractivity contribution in [3.63, 3.8) is 0 Å². The number of piperidine rings is 1. The number of aryl methyl sites for hydroxylation is 1. The van der Waals surface area contributed by atoms with Crippen molar-refractivity contribution in [3.05, 3.63) is 22.5 Å². The van der Waals surface area contributed by atoms with E-state index in [1.165, 1.54) is 15.6 Å². The quantitative estimate of drug-likeness (QED) is 0.928. The van der Waals surface area contributed by atoms with Crippen molar-refractivity contribution >= 4 is 32.7 Å². The summed E-state index contributed by atoms with van der Waals surface area (Å²) in [5.41, 5.74) is 6.69. The molecule has 0 atom stereocenters. The van der Waals surface area contributed by atoms with Crippen LogP contribution in [0.1, 0.15) is 17.8 Å². The Balaban J connectivity index is 1.85. The molecule has 0 amide bonds. The van der Waals surface area contributed by atoms with Crippen molar-refractivity contribution in [1.82, 2.24) is 9.29 Å². The molecule has 8 heteroatoms. The second kappa shape index (κ2) is 5.77. The SMILES string of the molecule is Cc1nc(-c2ccc(S(=O)(=O)N3CCC(N)CC3)s2)cs1. The van der Waals surface area contributed by atoms with E-state index in [4.69, 9.17) is 5.73 Å². The van der Waals surface area contributed by atoms with Gasteiger partial charge in [0.15, 0.2) is 0 Å². The minimum absolute atomic E-state index is 0.119. The number of thiazole rings is 1. The van der Waals surface area contributed by atoms with Crippen LogP contribution in [0.2, 0.25) is 0 Å². The average molecular weight is 343 g/mol. The lowest BCUT2D eigenvalue weighted by Crippen LogP contribution is -2.42. The molecule has 1 saturated heterocycles. The summed E-state index contributed by atoms with van der Waals surface area (Å²) in [7, 11) is -3.39. The third-order valence-corrected chi connectivity index (χ3v) is 7.79. The van der Waals surface area contributed by atoms with Crippen LogP contribution in [0.3, 0.4) is 0 Å². The Labute approximate surface area is 132 Å². The highest BCUT2D eigenvalue weighted by Gasteiger charge is 2.29. The van der Waals surface area contributed by atoms with E-state index >= 15 is 0 Å². The molecule has 1 aliphatic rings. The summed E-state index contributed by atoms with van der Waals surface area (Å²) < 4.78 is 27.2. The second-order valence-corrected chi connectivity index (χ2v) is 9.42. The normalized spacial score (nSPS) is 18.2. The Kier molecular flexibility index (Phi) is 4.15. The summed E-state index contributed by atoms with van der Waals surface area (Å²) in [5, 5.41) is 2.94. The number of nitrogens with zero attached hydrogens (tertiary/aromatic N) is 2. The fraction of sp³-hybridized carbons (Fsp3) is 0.462. The topological polar surface area (TPSA) is 76.3 Å². The molecule has 2 N–H and O–H groups in total. The van der Waals surface area contributed by atoms with Gasteiger partial charge in [-0.05, 0) is 31.9 Å². The van der Waals surface area contributed by atoms with E-state index in [9.17, 15) is 8.42 Å². The Morgan fingerprint density at radius 2 is 2.05 bits per heavy atom. The van der Waals surface area contributed by atoms with Gasteiger partial charge < -0.3 is 5.73 Å². The fourth-order valence-corrected chi connectivity index (χ4v) is 5.89. The van der Waals surface area contributed by atoms with Crippen LogP contribution in [0.5, 0.6) is 0 Å². The standard InChI is InChI=1S/C13H17N3O2S3/c1-9-15-11(8-19-9)12-2-3-13(20-12)21(17,18)16-6-4-10(14)5-7-16/h2-3,8,10H,4-7,14H2,1H3. The Morgan fingerprint density at radius 3 is 2.67 bits per heavy atom. The molecule has 0 spiro atoms. The first-order valence-electron chi connectivity index (χ1n) is 6.75. The second-order valence-electron chi connectivity index (χ2n) is 5.11. The summed E-state index contributed by atoms with van der Waals surface area (Å²) in [6, 6.07) is 3.63. The van der Waals surface area contributed by atoms with Crippen molar-refractivity contribution < 1.29 is 8.42 Å². The van der Waals surface area contributed by atoms with E-state index in [0.29, 0.717) is 17.3 Å². The number of thiophene rings is 1. The molecule has 0 radical (unpaired) electrons. The highest BCUT2D eigenvalue weighted by Crippen LogP contribution is 2.33. The summed E-state index contributed by atoms with van der Waals surface area (Å²) in [6.07, 6.45) is 1.45. The average Bonchev–Trinajstić information content (AvgIpc) is 3.08. The zero-order chi connectivity index (χ0) is 15.0. The Morgan fingerprint density at radius 1 is 1.33 bits per heavy atom. The third-order valence-electron chi connectivity index (χ3n) is 3.55. The van der Waals surface area contributed by atoms with E-state index < -0.39 is 10.0 Å². The molecule has 21 heavy (non-hydrogen) atoms. The maximum Gasteiger partial charge on any atom is 0.252 e. The van der Waals surface area contributed by atoms with Gasteiger partial charge in [-0.3, -0.25) is 0 Å². The molecule has 2 aromatic heterocycles. The van der Waals surface area contributed by atoms with E-state index in [1.54, 1.807) is 17.4 Å². The van der Waals surface area contributed by atoms with E-state index in [2.05, 4.69) is 4.98 Å². The van der Waals surface area contributed by atoms with E-state index in [-0.39, 0.29) is 6.04 Å². The van der Waals surface area contributed by atoms with Crippen LogP contribution in [0.25, 0.3) is 10.6 Å². The van der Waals surface area contributed by atoms with Gasteiger partial charge in [0, 0.05) is 24.5 Å². The predicted octanol–water partition coefficient (Wildman–Crippen LogP) is 2.29. The van der Waals surface area contributed by atoms with Crippen LogP contribution < -0.4 is 5.73 Å². The van der Waals surface area contributed by atoms with Crippen molar-refractivity contribution in [3.8, 4) is 10.6 Å². The van der Waals surface area contributed by atoms with Gasteiger partial charge in [-0.25, -0.2) is 13.4 Å². The Bertz CT molecular complexity index is 727. The molecule has 114 valence electrons. The lowest BCUT2D eigenvalue weighted by molar-refractivity contribution is 0.320. The molecule has 0 unspecified atom stereocenters. The van der Waals surface area contributed by atoms with Gasteiger partial charge in [-0.15, -0.1) is 22.7 Å². The summed E-state index contributed by atoms with van der Waals surface area (Å²) >= 11 is 2.85. The molecule has 1 fully saturated rings. The van der Waals surface area contributed by atoms with Crippen LogP contribution in [0, 0.1) is 6.92 Å². The highest BCUT2D eigenvalue weighted by atomic mass is 32.2. The molecule has 0 aromatic carbocycles. The molecule has 0 saturated carbocycles. The smallest absolute Gasteiger partial charge is 0.252 e. The highest BCUT2D eigenvalue weighted by molar-refractivity contribution is 7.91. The number of rotatable bonds is 3. The van der Waals surface area contributed by atoms with Gasteiger partial charge in [-0.2, -0.15) is 4.31 Å². The Hall–Kier alpha value is -0.800. The van der Waals surface area contributed by atoms with Crippen molar-refractivity contribution in [2.45, 2.75) is 30.0 Å². The number of sulfonamides is 1. The molecular weight excluding hydrogens is 326 g/mol. The lowest BCUT2D eigenvalue weighted by Gasteiger charge is -2.28. The summed E-state index contributed by atoms with van der Waals surface area (Å²) in [4.78, 5) is 5.30. The largest absolute Gasteiger partial charge is 0.328 e. The van der Waals surface area contributed by atoms with Crippen LogP contribution in [0.4, 0.5) is 0 Å². The van der Waals surface area contributed by atoms with Crippen LogP contribution in [-0.4, -0.2) is 36.8 Å². The van der Waals surface area contributed by atoms with Gasteiger partial charge in [0.1, 0.15) is 4.21 Å². The van der Waals surface area contributed by atoms with Gasteiger partial charge >= 0.3 is 0 Å². The van der Waals surface area contributed by atoms with E-state index in [1.807, 2.05) is 18.4 Å². The first kappa shape index (κ1) is 15.1. The molecule has 5 nitrogen and oxygen atoms in total. The number of nitrogens with two attached hydrogens (primary N) is 1. The molecule has 3 rings (SSSR count). The minimum atomic E-state index is -3.39. The maximum absolute atomic E-state index is 12.6. The van der Waals surface area contributed by atoms with E-state index in [0.717, 1.165) is 28.4 Å². The summed E-state index contributed by atoms with van der Waals surface area (Å²) in [6.45, 7) is 2.95. The van der Waals surface area contributed by atoms with Crippen molar-refractivity contribution in [2.24, 2.45) is 5.73 Å². The lowest BCUT2D eigenvalue weighted by atomic mass is 10.1. The van der Waals surface area contributed by atoms with Gasteiger partial charge in [0.25, 0.3) is 10.0 Å². The summed E-state index contributed by atoms with van der Waals surface area (Å²) in [5.74, 6) is 0. The monoisotopic (exact) mass is 343 g/mol. The predicted molar refractivity (Wildman–Crippen MR) is 86.1 cm³/mol. The van der Waals surface area contributed by atoms with Crippen molar-refractivity contribution in [1.29, 1.82) is 0 Å². The zero-order valence-corrected chi connectivity index (χ0v) is 14.1. The van der Waals surface area contributed by atoms with Crippen LogP contribution >= 0.6 is 22.7 Å².